The number of aromatic nitrogens is 1. The highest BCUT2D eigenvalue weighted by Gasteiger charge is 2.16. The molecule has 0 unspecified atom stereocenters. The molecule has 0 fully saturated rings. The molecule has 28 heavy (non-hydrogen) atoms. The van der Waals surface area contributed by atoms with Gasteiger partial charge in [0.25, 0.3) is 0 Å². The first-order chi connectivity index (χ1) is 13.5. The highest BCUT2D eigenvalue weighted by molar-refractivity contribution is 7.99. The predicted octanol–water partition coefficient (Wildman–Crippen LogP) is 6.50. The van der Waals surface area contributed by atoms with Crippen LogP contribution in [0, 0.1) is 6.92 Å². The largest absolute Gasteiger partial charge is 0.478 e. The molecule has 0 bridgehead atoms. The highest BCUT2D eigenvalue weighted by Crippen LogP contribution is 2.39. The molecule has 1 aromatic heterocycles. The first kappa shape index (κ1) is 18.7. The van der Waals surface area contributed by atoms with Crippen molar-refractivity contribution in [3.8, 4) is 0 Å². The van der Waals surface area contributed by atoms with Gasteiger partial charge < -0.3 is 9.67 Å². The summed E-state index contributed by atoms with van der Waals surface area (Å²) in [5, 5.41) is 11.1. The van der Waals surface area contributed by atoms with Crippen LogP contribution in [-0.4, -0.2) is 15.6 Å². The van der Waals surface area contributed by atoms with Gasteiger partial charge in [0.2, 0.25) is 0 Å². The van der Waals surface area contributed by atoms with E-state index in [0.29, 0.717) is 10.6 Å². The van der Waals surface area contributed by atoms with Crippen LogP contribution in [0.2, 0.25) is 5.02 Å². The van der Waals surface area contributed by atoms with Crippen molar-refractivity contribution in [1.29, 1.82) is 0 Å². The molecule has 0 spiro atoms. The molecule has 0 aliphatic rings. The van der Waals surface area contributed by atoms with Crippen LogP contribution in [0.4, 0.5) is 0 Å². The monoisotopic (exact) mass is 407 g/mol. The first-order valence-corrected chi connectivity index (χ1v) is 10.1. The summed E-state index contributed by atoms with van der Waals surface area (Å²) in [4.78, 5) is 13.3. The second-order valence-corrected chi connectivity index (χ2v) is 8.10. The predicted molar refractivity (Wildman–Crippen MR) is 115 cm³/mol. The number of carboxylic acids is 1. The zero-order valence-corrected chi connectivity index (χ0v) is 16.8. The maximum Gasteiger partial charge on any atom is 0.335 e. The second-order valence-electron chi connectivity index (χ2n) is 6.58. The molecule has 1 N–H and O–H groups in total. The van der Waals surface area contributed by atoms with Gasteiger partial charge in [0.15, 0.2) is 0 Å². The van der Waals surface area contributed by atoms with Crippen molar-refractivity contribution in [2.75, 3.05) is 0 Å². The van der Waals surface area contributed by atoms with Gasteiger partial charge in [0, 0.05) is 32.4 Å². The second kappa shape index (κ2) is 7.74. The Labute approximate surface area is 172 Å². The van der Waals surface area contributed by atoms with Crippen molar-refractivity contribution in [3.63, 3.8) is 0 Å². The van der Waals surface area contributed by atoms with Gasteiger partial charge in [0.1, 0.15) is 0 Å². The number of carboxylic acid groups (broad SMARTS) is 1. The Bertz CT molecular complexity index is 1170. The molecule has 1 heterocycles. The van der Waals surface area contributed by atoms with Crippen LogP contribution in [0.1, 0.15) is 21.6 Å². The van der Waals surface area contributed by atoms with Crippen LogP contribution in [-0.2, 0) is 6.54 Å². The minimum atomic E-state index is -0.919. The summed E-state index contributed by atoms with van der Waals surface area (Å²) in [5.41, 5.74) is 3.71. The Morgan fingerprint density at radius 2 is 1.82 bits per heavy atom. The van der Waals surface area contributed by atoms with E-state index in [9.17, 15) is 9.90 Å². The topological polar surface area (TPSA) is 42.2 Å². The van der Waals surface area contributed by atoms with Crippen LogP contribution in [0.3, 0.4) is 0 Å². The molecule has 0 amide bonds. The summed E-state index contributed by atoms with van der Waals surface area (Å²) in [6.07, 6.45) is 0. The van der Waals surface area contributed by atoms with Crippen LogP contribution < -0.4 is 0 Å². The molecular weight excluding hydrogens is 390 g/mol. The quantitative estimate of drug-likeness (QED) is 0.410. The number of hydrogen-bond donors (Lipinski definition) is 1. The van der Waals surface area contributed by atoms with Crippen molar-refractivity contribution in [3.05, 3.63) is 94.6 Å². The SMILES string of the molecule is Cc1c(Sc2cccc(C(=O)O)c2)c2ccc(Cl)cc2n1Cc1ccccc1. The number of fused-ring (bicyclic) bond motifs is 1. The van der Waals surface area contributed by atoms with Crippen molar-refractivity contribution in [1.82, 2.24) is 4.57 Å². The number of aromatic carboxylic acids is 1. The molecule has 4 rings (SSSR count). The summed E-state index contributed by atoms with van der Waals surface area (Å²) < 4.78 is 2.26. The van der Waals surface area contributed by atoms with Gasteiger partial charge in [-0.1, -0.05) is 65.8 Å². The Hall–Kier alpha value is -2.69. The van der Waals surface area contributed by atoms with E-state index in [1.807, 2.05) is 42.5 Å². The number of hydrogen-bond acceptors (Lipinski definition) is 2. The zero-order chi connectivity index (χ0) is 19.7. The fourth-order valence-corrected chi connectivity index (χ4v) is 4.60. The molecular formula is C23H18ClNO2S. The maximum absolute atomic E-state index is 11.3. The Morgan fingerprint density at radius 3 is 2.57 bits per heavy atom. The summed E-state index contributed by atoms with van der Waals surface area (Å²) in [6, 6.07) is 23.3. The lowest BCUT2D eigenvalue weighted by Gasteiger charge is -2.09. The third kappa shape index (κ3) is 3.66. The minimum Gasteiger partial charge on any atom is -0.478 e. The third-order valence-corrected chi connectivity index (χ3v) is 6.16. The lowest BCUT2D eigenvalue weighted by atomic mass is 10.2. The molecule has 0 aliphatic heterocycles. The number of nitrogens with zero attached hydrogens (tertiary/aromatic N) is 1. The Kier molecular flexibility index (Phi) is 5.16. The molecule has 0 saturated carbocycles. The number of halogens is 1. The molecule has 3 nitrogen and oxygen atoms in total. The van der Waals surface area contributed by atoms with Gasteiger partial charge in [-0.15, -0.1) is 0 Å². The van der Waals surface area contributed by atoms with Crippen molar-refractivity contribution in [2.24, 2.45) is 0 Å². The molecule has 4 aromatic rings. The van der Waals surface area contributed by atoms with E-state index in [0.717, 1.165) is 32.9 Å². The fourth-order valence-electron chi connectivity index (χ4n) is 3.33. The normalized spacial score (nSPS) is 11.1. The van der Waals surface area contributed by atoms with Gasteiger partial charge in [-0.25, -0.2) is 4.79 Å². The molecule has 0 aliphatic carbocycles. The molecule has 0 saturated heterocycles. The van der Waals surface area contributed by atoms with Crippen molar-refractivity contribution in [2.45, 2.75) is 23.3 Å². The average molecular weight is 408 g/mol. The van der Waals surface area contributed by atoms with E-state index in [2.05, 4.69) is 23.6 Å². The maximum atomic E-state index is 11.3. The highest BCUT2D eigenvalue weighted by atomic mass is 35.5. The number of benzene rings is 3. The van der Waals surface area contributed by atoms with E-state index in [4.69, 9.17) is 11.6 Å². The summed E-state index contributed by atoms with van der Waals surface area (Å²) in [6.45, 7) is 2.85. The zero-order valence-electron chi connectivity index (χ0n) is 15.2. The minimum absolute atomic E-state index is 0.290. The Morgan fingerprint density at radius 1 is 1.04 bits per heavy atom. The van der Waals surface area contributed by atoms with Crippen LogP contribution in [0.5, 0.6) is 0 Å². The molecule has 3 aromatic carbocycles. The van der Waals surface area contributed by atoms with E-state index in [1.165, 1.54) is 5.56 Å². The standard InChI is InChI=1S/C23H18ClNO2S/c1-15-22(28-19-9-5-8-17(12-19)23(26)27)20-11-10-18(24)13-21(20)25(15)14-16-6-3-2-4-7-16/h2-13H,14H2,1H3,(H,26,27). The average Bonchev–Trinajstić information content (AvgIpc) is 2.94. The summed E-state index contributed by atoms with van der Waals surface area (Å²) >= 11 is 7.87. The van der Waals surface area contributed by atoms with E-state index >= 15 is 0 Å². The third-order valence-electron chi connectivity index (χ3n) is 4.71. The van der Waals surface area contributed by atoms with Gasteiger partial charge in [-0.2, -0.15) is 0 Å². The lowest BCUT2D eigenvalue weighted by Crippen LogP contribution is -2.01. The van der Waals surface area contributed by atoms with Crippen molar-refractivity contribution < 1.29 is 9.90 Å². The van der Waals surface area contributed by atoms with Gasteiger partial charge >= 0.3 is 5.97 Å². The molecule has 140 valence electrons. The smallest absolute Gasteiger partial charge is 0.335 e. The van der Waals surface area contributed by atoms with Gasteiger partial charge in [-0.3, -0.25) is 0 Å². The lowest BCUT2D eigenvalue weighted by molar-refractivity contribution is 0.0696. The fraction of sp³-hybridized carbons (Fsp3) is 0.0870. The van der Waals surface area contributed by atoms with E-state index in [1.54, 1.807) is 30.0 Å². The van der Waals surface area contributed by atoms with E-state index in [-0.39, 0.29) is 0 Å². The Balaban J connectivity index is 1.81. The van der Waals surface area contributed by atoms with Crippen LogP contribution in [0.15, 0.2) is 82.6 Å². The van der Waals surface area contributed by atoms with Crippen LogP contribution >= 0.6 is 23.4 Å². The van der Waals surface area contributed by atoms with Crippen molar-refractivity contribution >= 4 is 40.2 Å². The van der Waals surface area contributed by atoms with Gasteiger partial charge in [0.05, 0.1) is 11.1 Å². The molecule has 5 heteroatoms. The number of carbonyl (C=O) groups is 1. The molecule has 0 atom stereocenters. The number of rotatable bonds is 5. The first-order valence-electron chi connectivity index (χ1n) is 8.86. The molecule has 0 radical (unpaired) electrons. The summed E-state index contributed by atoms with van der Waals surface area (Å²) in [7, 11) is 0. The van der Waals surface area contributed by atoms with Crippen LogP contribution in [0.25, 0.3) is 10.9 Å². The summed E-state index contributed by atoms with van der Waals surface area (Å²) in [5.74, 6) is -0.919. The van der Waals surface area contributed by atoms with Gasteiger partial charge in [-0.05, 0) is 42.8 Å². The van der Waals surface area contributed by atoms with E-state index < -0.39 is 5.97 Å².